The smallest absolute Gasteiger partial charge is 0.228 e. The average molecular weight is 378 g/mol. The van der Waals surface area contributed by atoms with Crippen molar-refractivity contribution < 1.29 is 14.3 Å². The zero-order valence-corrected chi connectivity index (χ0v) is 16.2. The van der Waals surface area contributed by atoms with Crippen LogP contribution in [0.2, 0.25) is 0 Å². The number of rotatable bonds is 5. The average Bonchev–Trinajstić information content (AvgIpc) is 3.21. The Hall–Kier alpha value is -2.82. The third-order valence-electron chi connectivity index (χ3n) is 6.16. The Balaban J connectivity index is 1.56. The quantitative estimate of drug-likeness (QED) is 0.833. The molecule has 1 unspecified atom stereocenters. The second-order valence-electron chi connectivity index (χ2n) is 7.80. The third-order valence-corrected chi connectivity index (χ3v) is 6.16. The lowest BCUT2D eigenvalue weighted by atomic mass is 9.78. The number of anilines is 1. The minimum Gasteiger partial charge on any atom is -0.496 e. The molecule has 1 aliphatic heterocycles. The van der Waals surface area contributed by atoms with Crippen LogP contribution in [0.1, 0.15) is 49.1 Å². The Morgan fingerprint density at radius 1 is 1.14 bits per heavy atom. The van der Waals surface area contributed by atoms with E-state index in [1.807, 2.05) is 42.5 Å². The number of ether oxygens (including phenoxy) is 1. The van der Waals surface area contributed by atoms with Gasteiger partial charge in [-0.05, 0) is 30.5 Å². The molecule has 2 aromatic rings. The number of amides is 2. The standard InChI is InChI=1S/C23H26N2O3/c1-28-20-11-5-3-9-18(20)23(12-6-7-13-23)15-24-22(27)17-14-21(26)25-19-10-4-2-8-16(17)19/h2-5,8-11,17H,6-7,12-15H2,1H3,(H,24,27)(H,25,26). The zero-order chi connectivity index (χ0) is 19.6. The van der Waals surface area contributed by atoms with Crippen LogP contribution in [0.25, 0.3) is 0 Å². The lowest BCUT2D eigenvalue weighted by Gasteiger charge is -2.32. The minimum atomic E-state index is -0.443. The molecule has 1 saturated carbocycles. The van der Waals surface area contributed by atoms with E-state index in [-0.39, 0.29) is 23.7 Å². The van der Waals surface area contributed by atoms with Crippen LogP contribution in [0.5, 0.6) is 5.75 Å². The number of para-hydroxylation sites is 2. The van der Waals surface area contributed by atoms with E-state index < -0.39 is 5.92 Å². The first-order valence-electron chi connectivity index (χ1n) is 9.93. The number of benzene rings is 2. The summed E-state index contributed by atoms with van der Waals surface area (Å²) in [7, 11) is 1.69. The van der Waals surface area contributed by atoms with Crippen LogP contribution in [-0.2, 0) is 15.0 Å². The van der Waals surface area contributed by atoms with Crippen molar-refractivity contribution in [1.82, 2.24) is 5.32 Å². The summed E-state index contributed by atoms with van der Waals surface area (Å²) in [6.45, 7) is 0.562. The van der Waals surface area contributed by atoms with Crippen LogP contribution in [0.15, 0.2) is 48.5 Å². The summed E-state index contributed by atoms with van der Waals surface area (Å²) in [6.07, 6.45) is 4.51. The molecule has 0 saturated heterocycles. The van der Waals surface area contributed by atoms with Gasteiger partial charge in [0.15, 0.2) is 0 Å². The maximum Gasteiger partial charge on any atom is 0.228 e. The number of methoxy groups -OCH3 is 1. The number of carbonyl (C=O) groups is 2. The molecular formula is C23H26N2O3. The van der Waals surface area contributed by atoms with Gasteiger partial charge in [-0.2, -0.15) is 0 Å². The molecule has 2 N–H and O–H groups in total. The Kier molecular flexibility index (Phi) is 5.07. The monoisotopic (exact) mass is 378 g/mol. The van der Waals surface area contributed by atoms with Gasteiger partial charge >= 0.3 is 0 Å². The van der Waals surface area contributed by atoms with E-state index >= 15 is 0 Å². The highest BCUT2D eigenvalue weighted by atomic mass is 16.5. The van der Waals surface area contributed by atoms with Gasteiger partial charge in [0.05, 0.1) is 13.0 Å². The number of fused-ring (bicyclic) bond motifs is 1. The largest absolute Gasteiger partial charge is 0.496 e. The van der Waals surface area contributed by atoms with Crippen molar-refractivity contribution in [2.45, 2.75) is 43.4 Å². The summed E-state index contributed by atoms with van der Waals surface area (Å²) in [6, 6.07) is 15.6. The van der Waals surface area contributed by atoms with E-state index in [1.165, 1.54) is 0 Å². The van der Waals surface area contributed by atoms with Crippen LogP contribution in [0.4, 0.5) is 5.69 Å². The van der Waals surface area contributed by atoms with Crippen LogP contribution < -0.4 is 15.4 Å². The van der Waals surface area contributed by atoms with E-state index in [0.29, 0.717) is 6.54 Å². The number of hydrogen-bond acceptors (Lipinski definition) is 3. The van der Waals surface area contributed by atoms with Gasteiger partial charge in [0.25, 0.3) is 0 Å². The molecule has 5 heteroatoms. The summed E-state index contributed by atoms with van der Waals surface area (Å²) in [5.41, 5.74) is 2.67. The van der Waals surface area contributed by atoms with Gasteiger partial charge in [0.1, 0.15) is 5.75 Å². The van der Waals surface area contributed by atoms with Gasteiger partial charge in [-0.3, -0.25) is 9.59 Å². The molecule has 2 aromatic carbocycles. The van der Waals surface area contributed by atoms with Crippen molar-refractivity contribution in [2.24, 2.45) is 0 Å². The number of carbonyl (C=O) groups excluding carboxylic acids is 2. The predicted molar refractivity (Wildman–Crippen MR) is 109 cm³/mol. The lowest BCUT2D eigenvalue weighted by molar-refractivity contribution is -0.126. The van der Waals surface area contributed by atoms with Crippen molar-refractivity contribution in [2.75, 3.05) is 19.0 Å². The normalized spacial score (nSPS) is 20.2. The van der Waals surface area contributed by atoms with Gasteiger partial charge in [-0.15, -0.1) is 0 Å². The van der Waals surface area contributed by atoms with Gasteiger partial charge < -0.3 is 15.4 Å². The summed E-state index contributed by atoms with van der Waals surface area (Å²) >= 11 is 0. The maximum atomic E-state index is 13.1. The molecule has 0 spiro atoms. The Labute approximate surface area is 165 Å². The summed E-state index contributed by atoms with van der Waals surface area (Å²) in [5.74, 6) is 0.241. The fourth-order valence-corrected chi connectivity index (χ4v) is 4.70. The fraction of sp³-hybridized carbons (Fsp3) is 0.391. The molecule has 4 rings (SSSR count). The molecule has 1 atom stereocenters. The maximum absolute atomic E-state index is 13.1. The van der Waals surface area contributed by atoms with Crippen LogP contribution in [0.3, 0.4) is 0 Å². The molecule has 1 fully saturated rings. The molecule has 0 bridgehead atoms. The first-order chi connectivity index (χ1) is 13.6. The molecule has 0 radical (unpaired) electrons. The Bertz CT molecular complexity index is 887. The van der Waals surface area contributed by atoms with Crippen LogP contribution in [-0.4, -0.2) is 25.5 Å². The Morgan fingerprint density at radius 2 is 1.86 bits per heavy atom. The molecule has 0 aromatic heterocycles. The molecule has 28 heavy (non-hydrogen) atoms. The molecule has 2 amide bonds. The molecular weight excluding hydrogens is 352 g/mol. The van der Waals surface area contributed by atoms with Crippen molar-refractivity contribution in [3.05, 3.63) is 59.7 Å². The molecule has 2 aliphatic rings. The van der Waals surface area contributed by atoms with E-state index in [1.54, 1.807) is 7.11 Å². The van der Waals surface area contributed by atoms with Crippen LogP contribution in [0, 0.1) is 0 Å². The predicted octanol–water partition coefficient (Wildman–Crippen LogP) is 3.75. The number of nitrogens with one attached hydrogen (secondary N) is 2. The minimum absolute atomic E-state index is 0.0801. The van der Waals surface area contributed by atoms with E-state index in [2.05, 4.69) is 16.7 Å². The second kappa shape index (κ2) is 7.66. The topological polar surface area (TPSA) is 67.4 Å². The Morgan fingerprint density at radius 3 is 2.64 bits per heavy atom. The highest BCUT2D eigenvalue weighted by Gasteiger charge is 2.39. The van der Waals surface area contributed by atoms with Crippen molar-refractivity contribution in [3.8, 4) is 5.75 Å². The van der Waals surface area contributed by atoms with E-state index in [4.69, 9.17) is 4.74 Å². The van der Waals surface area contributed by atoms with Crippen molar-refractivity contribution >= 4 is 17.5 Å². The number of hydrogen-bond donors (Lipinski definition) is 2. The van der Waals surface area contributed by atoms with Crippen molar-refractivity contribution in [1.29, 1.82) is 0 Å². The zero-order valence-electron chi connectivity index (χ0n) is 16.2. The highest BCUT2D eigenvalue weighted by molar-refractivity contribution is 6.01. The SMILES string of the molecule is COc1ccccc1C1(CNC(=O)C2CC(=O)Nc3ccccc32)CCCC1. The fourth-order valence-electron chi connectivity index (χ4n) is 4.70. The first kappa shape index (κ1) is 18.5. The van der Waals surface area contributed by atoms with E-state index in [9.17, 15) is 9.59 Å². The molecule has 5 nitrogen and oxygen atoms in total. The molecule has 1 aliphatic carbocycles. The first-order valence-corrected chi connectivity index (χ1v) is 9.93. The van der Waals surface area contributed by atoms with Crippen LogP contribution >= 0.6 is 0 Å². The third kappa shape index (κ3) is 3.37. The summed E-state index contributed by atoms with van der Waals surface area (Å²) in [4.78, 5) is 25.1. The van der Waals surface area contributed by atoms with Gasteiger partial charge in [-0.1, -0.05) is 49.2 Å². The summed E-state index contributed by atoms with van der Waals surface area (Å²) < 4.78 is 5.60. The molecule has 146 valence electrons. The molecule has 1 heterocycles. The van der Waals surface area contributed by atoms with Gasteiger partial charge in [-0.25, -0.2) is 0 Å². The summed E-state index contributed by atoms with van der Waals surface area (Å²) in [5, 5.41) is 6.03. The lowest BCUT2D eigenvalue weighted by Crippen LogP contribution is -2.42. The van der Waals surface area contributed by atoms with E-state index in [0.717, 1.165) is 48.2 Å². The van der Waals surface area contributed by atoms with Gasteiger partial charge in [0, 0.05) is 29.6 Å². The van der Waals surface area contributed by atoms with Gasteiger partial charge in [0.2, 0.25) is 11.8 Å². The van der Waals surface area contributed by atoms with Crippen molar-refractivity contribution in [3.63, 3.8) is 0 Å². The highest BCUT2D eigenvalue weighted by Crippen LogP contribution is 2.44. The second-order valence-corrected chi connectivity index (χ2v) is 7.80.